The maximum atomic E-state index is 11.5. The van der Waals surface area contributed by atoms with Crippen LogP contribution in [0.3, 0.4) is 0 Å². The predicted octanol–water partition coefficient (Wildman–Crippen LogP) is 1.67. The lowest BCUT2D eigenvalue weighted by Crippen LogP contribution is -2.29. The van der Waals surface area contributed by atoms with E-state index in [4.69, 9.17) is 10.5 Å². The van der Waals surface area contributed by atoms with Crippen molar-refractivity contribution in [3.63, 3.8) is 0 Å². The molecule has 0 heterocycles. The molecule has 4 heteroatoms. The Morgan fingerprint density at radius 1 is 1.39 bits per heavy atom. The normalized spacial score (nSPS) is 12.1. The highest BCUT2D eigenvalue weighted by Crippen LogP contribution is 2.22. The summed E-state index contributed by atoms with van der Waals surface area (Å²) in [6.07, 6.45) is 0.340. The Bertz CT molecular complexity index is 428. The number of hydrogen-bond acceptors (Lipinski definition) is 3. The van der Waals surface area contributed by atoms with Crippen molar-refractivity contribution < 1.29 is 9.53 Å². The fraction of sp³-hybridized carbons (Fsp3) is 0.500. The van der Waals surface area contributed by atoms with E-state index in [1.54, 1.807) is 7.11 Å². The Labute approximate surface area is 109 Å². The van der Waals surface area contributed by atoms with Crippen molar-refractivity contribution in [3.8, 4) is 5.75 Å². The van der Waals surface area contributed by atoms with E-state index in [2.05, 4.69) is 5.32 Å². The van der Waals surface area contributed by atoms with Gasteiger partial charge in [0, 0.05) is 24.6 Å². The number of methoxy groups -OCH3 is 1. The molecule has 0 bridgehead atoms. The van der Waals surface area contributed by atoms with Crippen LogP contribution in [0, 0.1) is 13.8 Å². The molecular formula is C14H22N2O2. The zero-order chi connectivity index (χ0) is 13.7. The van der Waals surface area contributed by atoms with Crippen LogP contribution in [0.1, 0.15) is 30.0 Å². The quantitative estimate of drug-likeness (QED) is 0.835. The van der Waals surface area contributed by atoms with Gasteiger partial charge in [0.2, 0.25) is 5.91 Å². The van der Waals surface area contributed by atoms with Crippen LogP contribution in [-0.2, 0) is 11.3 Å². The third-order valence-electron chi connectivity index (χ3n) is 2.88. The number of carbonyl (C=O) groups excluding carboxylic acids is 1. The molecule has 0 radical (unpaired) electrons. The molecule has 0 aliphatic heterocycles. The van der Waals surface area contributed by atoms with Gasteiger partial charge in [-0.15, -0.1) is 0 Å². The van der Waals surface area contributed by atoms with Gasteiger partial charge < -0.3 is 15.8 Å². The number of nitrogens with one attached hydrogen (secondary N) is 1. The molecule has 0 aromatic heterocycles. The average Bonchev–Trinajstić information content (AvgIpc) is 2.29. The first-order valence-electron chi connectivity index (χ1n) is 6.10. The van der Waals surface area contributed by atoms with E-state index in [0.717, 1.165) is 11.3 Å². The Morgan fingerprint density at radius 2 is 2.00 bits per heavy atom. The van der Waals surface area contributed by atoms with E-state index in [9.17, 15) is 4.79 Å². The molecule has 1 atom stereocenters. The summed E-state index contributed by atoms with van der Waals surface area (Å²) in [5.74, 6) is 0.768. The number of benzene rings is 1. The van der Waals surface area contributed by atoms with E-state index in [1.807, 2.05) is 32.9 Å². The van der Waals surface area contributed by atoms with Crippen LogP contribution < -0.4 is 15.8 Å². The van der Waals surface area contributed by atoms with Gasteiger partial charge in [-0.3, -0.25) is 4.79 Å². The number of hydrogen-bond donors (Lipinski definition) is 2. The molecule has 0 saturated carbocycles. The topological polar surface area (TPSA) is 64.3 Å². The first-order chi connectivity index (χ1) is 8.43. The monoisotopic (exact) mass is 250 g/mol. The lowest BCUT2D eigenvalue weighted by Gasteiger charge is -2.13. The van der Waals surface area contributed by atoms with Crippen molar-refractivity contribution in [1.82, 2.24) is 5.32 Å². The zero-order valence-corrected chi connectivity index (χ0v) is 11.5. The van der Waals surface area contributed by atoms with Crippen molar-refractivity contribution in [1.29, 1.82) is 0 Å². The molecule has 0 saturated heterocycles. The zero-order valence-electron chi connectivity index (χ0n) is 11.5. The second-order valence-corrected chi connectivity index (χ2v) is 4.71. The molecular weight excluding hydrogens is 228 g/mol. The SMILES string of the molecule is COc1cc(C)c(C)cc1CNC(=O)CC(C)N. The lowest BCUT2D eigenvalue weighted by molar-refractivity contribution is -0.121. The van der Waals surface area contributed by atoms with Gasteiger partial charge in [-0.05, 0) is 38.0 Å². The maximum Gasteiger partial charge on any atom is 0.221 e. The molecule has 100 valence electrons. The number of aryl methyl sites for hydroxylation is 2. The Morgan fingerprint density at radius 3 is 2.56 bits per heavy atom. The van der Waals surface area contributed by atoms with Gasteiger partial charge in [-0.1, -0.05) is 6.07 Å². The van der Waals surface area contributed by atoms with Crippen molar-refractivity contribution in [3.05, 3.63) is 28.8 Å². The molecule has 0 spiro atoms. The highest BCUT2D eigenvalue weighted by Gasteiger charge is 2.09. The van der Waals surface area contributed by atoms with E-state index in [0.29, 0.717) is 13.0 Å². The number of rotatable bonds is 5. The largest absolute Gasteiger partial charge is 0.496 e. The highest BCUT2D eigenvalue weighted by atomic mass is 16.5. The number of nitrogens with two attached hydrogens (primary N) is 1. The summed E-state index contributed by atoms with van der Waals surface area (Å²) >= 11 is 0. The van der Waals surface area contributed by atoms with Gasteiger partial charge in [0.1, 0.15) is 5.75 Å². The molecule has 4 nitrogen and oxygen atoms in total. The van der Waals surface area contributed by atoms with Crippen LogP contribution >= 0.6 is 0 Å². The molecule has 18 heavy (non-hydrogen) atoms. The van der Waals surface area contributed by atoms with Crippen molar-refractivity contribution >= 4 is 5.91 Å². The van der Waals surface area contributed by atoms with Crippen molar-refractivity contribution in [2.45, 2.75) is 39.8 Å². The number of carbonyl (C=O) groups is 1. The van der Waals surface area contributed by atoms with Gasteiger partial charge in [0.25, 0.3) is 0 Å². The van der Waals surface area contributed by atoms with Crippen molar-refractivity contribution in [2.24, 2.45) is 5.73 Å². The Kier molecular flexibility index (Phi) is 5.16. The van der Waals surface area contributed by atoms with Crippen LogP contribution in [0.5, 0.6) is 5.75 Å². The second-order valence-electron chi connectivity index (χ2n) is 4.71. The fourth-order valence-electron chi connectivity index (χ4n) is 1.74. The molecule has 0 fully saturated rings. The first-order valence-corrected chi connectivity index (χ1v) is 6.10. The summed E-state index contributed by atoms with van der Waals surface area (Å²) in [6, 6.07) is 3.91. The molecule has 3 N–H and O–H groups in total. The van der Waals surface area contributed by atoms with Crippen LogP contribution in [0.2, 0.25) is 0 Å². The van der Waals surface area contributed by atoms with Crippen molar-refractivity contribution in [2.75, 3.05) is 7.11 Å². The minimum absolute atomic E-state index is 0.0368. The third-order valence-corrected chi connectivity index (χ3v) is 2.88. The third kappa shape index (κ3) is 4.04. The molecule has 0 aliphatic rings. The van der Waals surface area contributed by atoms with Gasteiger partial charge >= 0.3 is 0 Å². The lowest BCUT2D eigenvalue weighted by atomic mass is 10.0. The first kappa shape index (κ1) is 14.5. The maximum absolute atomic E-state index is 11.5. The minimum Gasteiger partial charge on any atom is -0.496 e. The highest BCUT2D eigenvalue weighted by molar-refractivity contribution is 5.76. The second kappa shape index (κ2) is 6.40. The molecule has 1 amide bonds. The van der Waals surface area contributed by atoms with E-state index in [-0.39, 0.29) is 11.9 Å². The van der Waals surface area contributed by atoms with Gasteiger partial charge in [0.15, 0.2) is 0 Å². The Balaban J connectivity index is 2.72. The van der Waals surface area contributed by atoms with Crippen LogP contribution in [0.25, 0.3) is 0 Å². The molecule has 0 aliphatic carbocycles. The number of ether oxygens (including phenoxy) is 1. The van der Waals surface area contributed by atoms with Gasteiger partial charge in [-0.25, -0.2) is 0 Å². The van der Waals surface area contributed by atoms with E-state index < -0.39 is 0 Å². The summed E-state index contributed by atoms with van der Waals surface area (Å²) in [5, 5.41) is 2.85. The van der Waals surface area contributed by atoms with Crippen LogP contribution in [-0.4, -0.2) is 19.1 Å². The van der Waals surface area contributed by atoms with Gasteiger partial charge in [0.05, 0.1) is 7.11 Å². The average molecular weight is 250 g/mol. The standard InChI is InChI=1S/C14H22N2O2/c1-9-5-12(13(18-4)6-10(9)2)8-16-14(17)7-11(3)15/h5-6,11H,7-8,15H2,1-4H3,(H,16,17). The summed E-state index contributed by atoms with van der Waals surface area (Å²) in [5.41, 5.74) is 8.93. The van der Waals surface area contributed by atoms with Crippen LogP contribution in [0.4, 0.5) is 0 Å². The molecule has 1 unspecified atom stereocenters. The fourth-order valence-corrected chi connectivity index (χ4v) is 1.74. The van der Waals surface area contributed by atoms with E-state index in [1.165, 1.54) is 11.1 Å². The van der Waals surface area contributed by atoms with Crippen LogP contribution in [0.15, 0.2) is 12.1 Å². The summed E-state index contributed by atoms with van der Waals surface area (Å²) in [4.78, 5) is 11.5. The van der Waals surface area contributed by atoms with E-state index >= 15 is 0 Å². The Hall–Kier alpha value is -1.55. The smallest absolute Gasteiger partial charge is 0.221 e. The summed E-state index contributed by atoms with van der Waals surface area (Å²) in [7, 11) is 1.64. The summed E-state index contributed by atoms with van der Waals surface area (Å²) in [6.45, 7) is 6.37. The predicted molar refractivity (Wildman–Crippen MR) is 72.6 cm³/mol. The minimum atomic E-state index is -0.119. The number of amides is 1. The van der Waals surface area contributed by atoms with Gasteiger partial charge in [-0.2, -0.15) is 0 Å². The molecule has 1 aromatic carbocycles. The molecule has 1 aromatic rings. The molecule has 1 rings (SSSR count). The summed E-state index contributed by atoms with van der Waals surface area (Å²) < 4.78 is 5.32.